The maximum absolute atomic E-state index is 12.1. The average Bonchev–Trinajstić information content (AvgIpc) is 2.77. The van der Waals surface area contributed by atoms with Crippen molar-refractivity contribution in [3.05, 3.63) is 0 Å². The minimum atomic E-state index is 0.150. The van der Waals surface area contributed by atoms with Crippen LogP contribution in [0.15, 0.2) is 0 Å². The molecule has 0 radical (unpaired) electrons. The summed E-state index contributed by atoms with van der Waals surface area (Å²) in [5.41, 5.74) is 5.58. The highest BCUT2D eigenvalue weighted by atomic mass is 16.2. The minimum absolute atomic E-state index is 0.150. The van der Waals surface area contributed by atoms with Crippen molar-refractivity contribution in [1.82, 2.24) is 4.90 Å². The third kappa shape index (κ3) is 3.20. The molecule has 3 heteroatoms. The van der Waals surface area contributed by atoms with Crippen molar-refractivity contribution in [2.24, 2.45) is 11.7 Å². The number of rotatable bonds is 5. The van der Waals surface area contributed by atoms with Crippen LogP contribution < -0.4 is 5.73 Å². The van der Waals surface area contributed by atoms with Crippen LogP contribution in [0.4, 0.5) is 0 Å². The van der Waals surface area contributed by atoms with E-state index in [4.69, 9.17) is 5.73 Å². The molecular weight excluding hydrogens is 188 g/mol. The van der Waals surface area contributed by atoms with Gasteiger partial charge in [-0.25, -0.2) is 0 Å². The zero-order valence-electron chi connectivity index (χ0n) is 10.0. The largest absolute Gasteiger partial charge is 0.338 e. The molecule has 15 heavy (non-hydrogen) atoms. The lowest BCUT2D eigenvalue weighted by Crippen LogP contribution is -2.44. The highest BCUT2D eigenvalue weighted by Gasteiger charge is 2.27. The first-order valence-corrected chi connectivity index (χ1v) is 6.21. The zero-order chi connectivity index (χ0) is 11.3. The van der Waals surface area contributed by atoms with Crippen LogP contribution in [0.1, 0.15) is 46.0 Å². The van der Waals surface area contributed by atoms with Crippen LogP contribution in [0.25, 0.3) is 0 Å². The fourth-order valence-electron chi connectivity index (χ4n) is 2.29. The first-order valence-electron chi connectivity index (χ1n) is 6.21. The van der Waals surface area contributed by atoms with Crippen molar-refractivity contribution in [3.63, 3.8) is 0 Å². The number of hydrogen-bond acceptors (Lipinski definition) is 2. The van der Waals surface area contributed by atoms with Crippen molar-refractivity contribution in [3.8, 4) is 0 Å². The smallest absolute Gasteiger partial charge is 0.225 e. The Bertz CT molecular complexity index is 200. The van der Waals surface area contributed by atoms with Gasteiger partial charge in [0.05, 0.1) is 0 Å². The number of carbonyl (C=O) groups excluding carboxylic acids is 1. The van der Waals surface area contributed by atoms with Gasteiger partial charge in [0.2, 0.25) is 5.91 Å². The van der Waals surface area contributed by atoms with Gasteiger partial charge in [0.15, 0.2) is 0 Å². The summed E-state index contributed by atoms with van der Waals surface area (Å²) >= 11 is 0. The van der Waals surface area contributed by atoms with Crippen LogP contribution in [0.5, 0.6) is 0 Å². The predicted octanol–water partition coefficient (Wildman–Crippen LogP) is 1.76. The molecule has 0 aromatic heterocycles. The van der Waals surface area contributed by atoms with Gasteiger partial charge in [-0.05, 0) is 19.3 Å². The molecule has 0 aromatic carbocycles. The molecule has 0 aliphatic heterocycles. The van der Waals surface area contributed by atoms with Gasteiger partial charge in [-0.2, -0.15) is 0 Å². The van der Waals surface area contributed by atoms with E-state index >= 15 is 0 Å². The molecule has 0 saturated heterocycles. The molecule has 0 aromatic rings. The molecule has 1 atom stereocenters. The van der Waals surface area contributed by atoms with E-state index in [-0.39, 0.29) is 5.92 Å². The number of nitrogens with two attached hydrogens (primary N) is 1. The first-order chi connectivity index (χ1) is 7.20. The molecule has 3 nitrogen and oxygen atoms in total. The summed E-state index contributed by atoms with van der Waals surface area (Å²) < 4.78 is 0. The second kappa shape index (κ2) is 6.11. The summed E-state index contributed by atoms with van der Waals surface area (Å²) in [7, 11) is 0. The van der Waals surface area contributed by atoms with E-state index < -0.39 is 0 Å². The number of nitrogens with zero attached hydrogens (tertiary/aromatic N) is 1. The van der Waals surface area contributed by atoms with Gasteiger partial charge in [-0.3, -0.25) is 4.79 Å². The van der Waals surface area contributed by atoms with Gasteiger partial charge in [0.1, 0.15) is 0 Å². The first kappa shape index (κ1) is 12.5. The summed E-state index contributed by atoms with van der Waals surface area (Å²) in [4.78, 5) is 14.2. The Balaban J connectivity index is 2.59. The van der Waals surface area contributed by atoms with Crippen LogP contribution in [0, 0.1) is 5.92 Å². The Morgan fingerprint density at radius 2 is 2.07 bits per heavy atom. The molecule has 0 spiro atoms. The Labute approximate surface area is 93.0 Å². The maximum atomic E-state index is 12.1. The number of hydrogen-bond donors (Lipinski definition) is 1. The zero-order valence-corrected chi connectivity index (χ0v) is 10.0. The summed E-state index contributed by atoms with van der Waals surface area (Å²) in [6, 6.07) is 0.468. The van der Waals surface area contributed by atoms with Gasteiger partial charge in [-0.1, -0.05) is 26.7 Å². The van der Waals surface area contributed by atoms with Gasteiger partial charge in [0, 0.05) is 25.0 Å². The fourth-order valence-corrected chi connectivity index (χ4v) is 2.29. The van der Waals surface area contributed by atoms with E-state index in [0.717, 1.165) is 13.0 Å². The molecule has 1 fully saturated rings. The predicted molar refractivity (Wildman–Crippen MR) is 62.5 cm³/mol. The SMILES string of the molecule is CCC(C)C(=O)N(CCN)C1CCCC1. The standard InChI is InChI=1S/C12H24N2O/c1-3-10(2)12(15)14(9-8-13)11-6-4-5-7-11/h10-11H,3-9,13H2,1-2H3. The van der Waals surface area contributed by atoms with E-state index in [1.165, 1.54) is 25.7 Å². The molecule has 0 heterocycles. The minimum Gasteiger partial charge on any atom is -0.338 e. The number of amides is 1. The summed E-state index contributed by atoms with van der Waals surface area (Å²) in [5, 5.41) is 0. The highest BCUT2D eigenvalue weighted by molar-refractivity contribution is 5.78. The van der Waals surface area contributed by atoms with E-state index in [2.05, 4.69) is 6.92 Å². The van der Waals surface area contributed by atoms with Gasteiger partial charge in [0.25, 0.3) is 0 Å². The van der Waals surface area contributed by atoms with Crippen molar-refractivity contribution < 1.29 is 4.79 Å². The van der Waals surface area contributed by atoms with Crippen molar-refractivity contribution in [2.75, 3.05) is 13.1 Å². The second-order valence-electron chi connectivity index (χ2n) is 4.57. The summed E-state index contributed by atoms with van der Waals surface area (Å²) in [6.45, 7) is 5.39. The Morgan fingerprint density at radius 3 is 2.53 bits per heavy atom. The van der Waals surface area contributed by atoms with E-state index in [9.17, 15) is 4.79 Å². The summed E-state index contributed by atoms with van der Waals surface area (Å²) in [5.74, 6) is 0.451. The third-order valence-electron chi connectivity index (χ3n) is 3.45. The van der Waals surface area contributed by atoms with E-state index in [1.54, 1.807) is 0 Å². The van der Waals surface area contributed by atoms with Crippen LogP contribution in [-0.4, -0.2) is 29.9 Å². The van der Waals surface area contributed by atoms with E-state index in [0.29, 0.717) is 18.5 Å². The Morgan fingerprint density at radius 1 is 1.47 bits per heavy atom. The lowest BCUT2D eigenvalue weighted by Gasteiger charge is -2.30. The lowest BCUT2D eigenvalue weighted by molar-refractivity contribution is -0.137. The molecular formula is C12H24N2O. The second-order valence-corrected chi connectivity index (χ2v) is 4.57. The van der Waals surface area contributed by atoms with Crippen LogP contribution >= 0.6 is 0 Å². The van der Waals surface area contributed by atoms with Crippen LogP contribution in [-0.2, 0) is 4.79 Å². The third-order valence-corrected chi connectivity index (χ3v) is 3.45. The molecule has 1 rings (SSSR count). The average molecular weight is 212 g/mol. The quantitative estimate of drug-likeness (QED) is 0.755. The number of carbonyl (C=O) groups is 1. The van der Waals surface area contributed by atoms with Crippen molar-refractivity contribution in [2.45, 2.75) is 52.0 Å². The van der Waals surface area contributed by atoms with Gasteiger partial charge < -0.3 is 10.6 Å². The van der Waals surface area contributed by atoms with Gasteiger partial charge in [-0.15, -0.1) is 0 Å². The Kier molecular flexibility index (Phi) is 5.09. The molecule has 88 valence electrons. The monoisotopic (exact) mass is 212 g/mol. The van der Waals surface area contributed by atoms with Crippen molar-refractivity contribution >= 4 is 5.91 Å². The molecule has 1 unspecified atom stereocenters. The van der Waals surface area contributed by atoms with Gasteiger partial charge >= 0.3 is 0 Å². The molecule has 1 amide bonds. The summed E-state index contributed by atoms with van der Waals surface area (Å²) in [6.07, 6.45) is 5.79. The van der Waals surface area contributed by atoms with E-state index in [1.807, 2.05) is 11.8 Å². The highest BCUT2D eigenvalue weighted by Crippen LogP contribution is 2.24. The van der Waals surface area contributed by atoms with Crippen molar-refractivity contribution in [1.29, 1.82) is 0 Å². The molecule has 1 aliphatic carbocycles. The molecule has 0 bridgehead atoms. The molecule has 1 aliphatic rings. The normalized spacial score (nSPS) is 19.1. The topological polar surface area (TPSA) is 46.3 Å². The lowest BCUT2D eigenvalue weighted by atomic mass is 10.1. The molecule has 1 saturated carbocycles. The van der Waals surface area contributed by atoms with Crippen LogP contribution in [0.2, 0.25) is 0 Å². The maximum Gasteiger partial charge on any atom is 0.225 e. The van der Waals surface area contributed by atoms with Crippen LogP contribution in [0.3, 0.4) is 0 Å². The molecule has 2 N–H and O–H groups in total. The fraction of sp³-hybridized carbons (Fsp3) is 0.917. The Hall–Kier alpha value is -0.570.